The van der Waals surface area contributed by atoms with Gasteiger partial charge in [-0.25, -0.2) is 13.8 Å². The third kappa shape index (κ3) is 5.14. The summed E-state index contributed by atoms with van der Waals surface area (Å²) in [5.74, 6) is 0.246. The lowest BCUT2D eigenvalue weighted by atomic mass is 10.2. The number of hydrogen-bond donors (Lipinski definition) is 1. The van der Waals surface area contributed by atoms with E-state index in [0.717, 1.165) is 5.56 Å². The summed E-state index contributed by atoms with van der Waals surface area (Å²) in [6.45, 7) is 2.73. The van der Waals surface area contributed by atoms with Crippen molar-refractivity contribution < 1.29 is 17.9 Å². The maximum absolute atomic E-state index is 12.9. The van der Waals surface area contributed by atoms with Crippen LogP contribution in [0.5, 0.6) is 5.75 Å². The molecule has 9 heteroatoms. The van der Waals surface area contributed by atoms with Gasteiger partial charge in [-0.15, -0.1) is 0 Å². The average Bonchev–Trinajstić information content (AvgIpc) is 3.20. The summed E-state index contributed by atoms with van der Waals surface area (Å²) in [6.07, 6.45) is 2.53. The topological polar surface area (TPSA) is 88.1 Å². The lowest BCUT2D eigenvalue weighted by molar-refractivity contribution is -0.124. The van der Waals surface area contributed by atoms with Crippen LogP contribution >= 0.6 is 11.6 Å². The Morgan fingerprint density at radius 2 is 2.07 bits per heavy atom. The Balaban J connectivity index is 1.68. The quantitative estimate of drug-likeness (QED) is 0.534. The van der Waals surface area contributed by atoms with Crippen molar-refractivity contribution in [1.82, 2.24) is 9.73 Å². The van der Waals surface area contributed by atoms with Crippen LogP contribution in [-0.4, -0.2) is 44.0 Å². The van der Waals surface area contributed by atoms with Gasteiger partial charge in [0.25, 0.3) is 5.91 Å². The summed E-state index contributed by atoms with van der Waals surface area (Å²) in [4.78, 5) is 12.7. The number of benzene rings is 2. The number of sulfonamides is 1. The number of nitrogens with zero attached hydrogens (tertiary/aromatic N) is 2. The van der Waals surface area contributed by atoms with Crippen LogP contribution in [0.3, 0.4) is 0 Å². The smallest absolute Gasteiger partial charge is 0.258 e. The minimum atomic E-state index is -3.79. The van der Waals surface area contributed by atoms with Gasteiger partial charge in [-0.1, -0.05) is 23.7 Å². The van der Waals surface area contributed by atoms with Crippen LogP contribution < -0.4 is 10.2 Å². The van der Waals surface area contributed by atoms with E-state index >= 15 is 0 Å². The van der Waals surface area contributed by atoms with E-state index in [1.807, 2.05) is 25.1 Å². The van der Waals surface area contributed by atoms with Crippen LogP contribution in [0.4, 0.5) is 0 Å². The zero-order valence-corrected chi connectivity index (χ0v) is 17.5. The highest BCUT2D eigenvalue weighted by Gasteiger charge is 2.39. The van der Waals surface area contributed by atoms with Gasteiger partial charge in [-0.3, -0.25) is 4.79 Å². The zero-order chi connectivity index (χ0) is 20.9. The molecule has 1 heterocycles. The molecule has 1 amide bonds. The van der Waals surface area contributed by atoms with Gasteiger partial charge in [0.05, 0.1) is 17.7 Å². The van der Waals surface area contributed by atoms with E-state index in [1.54, 1.807) is 6.07 Å². The van der Waals surface area contributed by atoms with Crippen LogP contribution in [0.15, 0.2) is 58.5 Å². The fourth-order valence-corrected chi connectivity index (χ4v) is 4.91. The lowest BCUT2D eigenvalue weighted by Gasteiger charge is -2.22. The molecule has 1 unspecified atom stereocenters. The molecule has 0 aliphatic carbocycles. The summed E-state index contributed by atoms with van der Waals surface area (Å²) in [6, 6.07) is 12.4. The van der Waals surface area contributed by atoms with Gasteiger partial charge >= 0.3 is 0 Å². The van der Waals surface area contributed by atoms with Gasteiger partial charge in [-0.2, -0.15) is 9.41 Å². The molecule has 0 radical (unpaired) electrons. The van der Waals surface area contributed by atoms with E-state index in [2.05, 4.69) is 10.5 Å². The number of hydrazone groups is 1. The lowest BCUT2D eigenvalue weighted by Crippen LogP contribution is -2.44. The van der Waals surface area contributed by atoms with Gasteiger partial charge in [0.1, 0.15) is 11.8 Å². The fourth-order valence-electron chi connectivity index (χ4n) is 3.13. The summed E-state index contributed by atoms with van der Waals surface area (Å²) in [5.41, 5.74) is 3.21. The molecule has 2 aromatic carbocycles. The zero-order valence-electron chi connectivity index (χ0n) is 15.9. The maximum atomic E-state index is 12.9. The Labute approximate surface area is 175 Å². The molecule has 7 nitrogen and oxygen atoms in total. The highest BCUT2D eigenvalue weighted by atomic mass is 35.5. The average molecular weight is 436 g/mol. The minimum absolute atomic E-state index is 0.109. The van der Waals surface area contributed by atoms with E-state index in [0.29, 0.717) is 30.2 Å². The summed E-state index contributed by atoms with van der Waals surface area (Å²) < 4.78 is 32.5. The number of nitrogens with one attached hydrogen (secondary N) is 1. The molecule has 0 bridgehead atoms. The highest BCUT2D eigenvalue weighted by Crippen LogP contribution is 2.27. The largest absolute Gasteiger partial charge is 0.494 e. The van der Waals surface area contributed by atoms with Gasteiger partial charge < -0.3 is 4.74 Å². The number of carbonyl (C=O) groups is 1. The highest BCUT2D eigenvalue weighted by molar-refractivity contribution is 7.89. The SMILES string of the molecule is CCOc1cccc(/C=N\NC(=O)C2CCCN2S(=O)(=O)c2ccc(Cl)cc2)c1. The Morgan fingerprint density at radius 1 is 1.31 bits per heavy atom. The molecule has 29 heavy (non-hydrogen) atoms. The van der Waals surface area contributed by atoms with Crippen molar-refractivity contribution in [3.8, 4) is 5.75 Å². The molecule has 3 rings (SSSR count). The normalized spacial score (nSPS) is 17.5. The van der Waals surface area contributed by atoms with E-state index in [9.17, 15) is 13.2 Å². The molecule has 0 aromatic heterocycles. The van der Waals surface area contributed by atoms with Crippen molar-refractivity contribution in [1.29, 1.82) is 0 Å². The second-order valence-electron chi connectivity index (χ2n) is 6.47. The van der Waals surface area contributed by atoms with Crippen LogP contribution in [0.1, 0.15) is 25.3 Å². The van der Waals surface area contributed by atoms with Crippen molar-refractivity contribution in [3.63, 3.8) is 0 Å². The van der Waals surface area contributed by atoms with Gasteiger partial charge in [0.2, 0.25) is 10.0 Å². The predicted molar refractivity (Wildman–Crippen MR) is 112 cm³/mol. The molecular weight excluding hydrogens is 414 g/mol. The number of halogens is 1. The molecule has 1 aliphatic heterocycles. The minimum Gasteiger partial charge on any atom is -0.494 e. The Kier molecular flexibility index (Phi) is 6.89. The summed E-state index contributed by atoms with van der Waals surface area (Å²) in [5, 5.41) is 4.42. The van der Waals surface area contributed by atoms with Crippen molar-refractivity contribution in [2.75, 3.05) is 13.2 Å². The fraction of sp³-hybridized carbons (Fsp3) is 0.300. The molecular formula is C20H22ClN3O4S. The molecule has 0 spiro atoms. The van der Waals surface area contributed by atoms with Crippen LogP contribution in [0.2, 0.25) is 5.02 Å². The molecule has 1 N–H and O–H groups in total. The predicted octanol–water partition coefficient (Wildman–Crippen LogP) is 3.04. The van der Waals surface area contributed by atoms with E-state index < -0.39 is 22.0 Å². The van der Waals surface area contributed by atoms with E-state index in [-0.39, 0.29) is 11.4 Å². The second kappa shape index (κ2) is 9.39. The third-order valence-corrected chi connectivity index (χ3v) is 6.66. The van der Waals surface area contributed by atoms with Gasteiger partial charge in [-0.05, 0) is 61.7 Å². The first-order valence-corrected chi connectivity index (χ1v) is 11.1. The number of amides is 1. The molecule has 154 valence electrons. The van der Waals surface area contributed by atoms with Gasteiger partial charge in [0, 0.05) is 11.6 Å². The molecule has 1 atom stereocenters. The van der Waals surface area contributed by atoms with Crippen molar-refractivity contribution >= 4 is 33.7 Å². The van der Waals surface area contributed by atoms with Crippen LogP contribution in [0, 0.1) is 0 Å². The van der Waals surface area contributed by atoms with E-state index in [1.165, 1.54) is 34.8 Å². The van der Waals surface area contributed by atoms with Crippen molar-refractivity contribution in [2.24, 2.45) is 5.10 Å². The van der Waals surface area contributed by atoms with Crippen LogP contribution in [-0.2, 0) is 14.8 Å². The molecule has 1 aliphatic rings. The van der Waals surface area contributed by atoms with E-state index in [4.69, 9.17) is 16.3 Å². The Morgan fingerprint density at radius 3 is 2.79 bits per heavy atom. The monoisotopic (exact) mass is 435 g/mol. The summed E-state index contributed by atoms with van der Waals surface area (Å²) in [7, 11) is -3.79. The Hall–Kier alpha value is -2.42. The summed E-state index contributed by atoms with van der Waals surface area (Å²) >= 11 is 5.84. The maximum Gasteiger partial charge on any atom is 0.258 e. The Bertz CT molecular complexity index is 993. The van der Waals surface area contributed by atoms with Gasteiger partial charge in [0.15, 0.2) is 0 Å². The number of rotatable bonds is 7. The first kappa shape index (κ1) is 21.3. The first-order chi connectivity index (χ1) is 13.9. The molecule has 1 fully saturated rings. The second-order valence-corrected chi connectivity index (χ2v) is 8.79. The number of hydrogen-bond acceptors (Lipinski definition) is 5. The first-order valence-electron chi connectivity index (χ1n) is 9.25. The molecule has 2 aromatic rings. The number of carbonyl (C=O) groups excluding carboxylic acids is 1. The molecule has 1 saturated heterocycles. The van der Waals surface area contributed by atoms with Crippen LogP contribution in [0.25, 0.3) is 0 Å². The van der Waals surface area contributed by atoms with Crippen molar-refractivity contribution in [2.45, 2.75) is 30.7 Å². The van der Waals surface area contributed by atoms with Crippen molar-refractivity contribution in [3.05, 3.63) is 59.1 Å². The number of ether oxygens (including phenoxy) is 1. The standard InChI is InChI=1S/C20H22ClN3O4S/c1-2-28-17-6-3-5-15(13-17)14-22-23-20(25)19-7-4-12-24(19)29(26,27)18-10-8-16(21)9-11-18/h3,5-6,8-11,13-14,19H,2,4,7,12H2,1H3,(H,23,25)/b22-14-. The third-order valence-electron chi connectivity index (χ3n) is 4.48. The molecule has 0 saturated carbocycles.